The smallest absolute Gasteiger partial charge is 0.309 e. The van der Waals surface area contributed by atoms with Crippen LogP contribution in [-0.4, -0.2) is 20.6 Å². The SMILES string of the molecule is O=C(O)Cc1nc2n(c1Cl)CCCCC2. The van der Waals surface area contributed by atoms with Gasteiger partial charge in [-0.25, -0.2) is 4.98 Å². The number of nitrogens with zero attached hydrogens (tertiary/aromatic N) is 2. The molecule has 0 unspecified atom stereocenters. The largest absolute Gasteiger partial charge is 0.481 e. The fourth-order valence-electron chi connectivity index (χ4n) is 1.93. The van der Waals surface area contributed by atoms with Crippen LogP contribution in [0.5, 0.6) is 0 Å². The Balaban J connectivity index is 2.31. The van der Waals surface area contributed by atoms with Crippen LogP contribution in [0.4, 0.5) is 0 Å². The van der Waals surface area contributed by atoms with Crippen LogP contribution in [0.3, 0.4) is 0 Å². The van der Waals surface area contributed by atoms with Crippen molar-refractivity contribution in [1.29, 1.82) is 0 Å². The third kappa shape index (κ3) is 2.15. The molecular weight excluding hydrogens is 216 g/mol. The van der Waals surface area contributed by atoms with Crippen LogP contribution in [-0.2, 0) is 24.2 Å². The molecule has 0 bridgehead atoms. The van der Waals surface area contributed by atoms with Crippen molar-refractivity contribution < 1.29 is 9.90 Å². The Labute approximate surface area is 92.9 Å². The number of aliphatic carboxylic acids is 1. The molecule has 1 aliphatic rings. The molecule has 4 nitrogen and oxygen atoms in total. The van der Waals surface area contributed by atoms with Gasteiger partial charge in [0.05, 0.1) is 12.1 Å². The maximum Gasteiger partial charge on any atom is 0.309 e. The van der Waals surface area contributed by atoms with Gasteiger partial charge in [-0.1, -0.05) is 18.0 Å². The minimum atomic E-state index is -0.884. The molecule has 1 aromatic heterocycles. The summed E-state index contributed by atoms with van der Waals surface area (Å²) in [7, 11) is 0. The van der Waals surface area contributed by atoms with Gasteiger partial charge in [0, 0.05) is 13.0 Å². The highest BCUT2D eigenvalue weighted by Crippen LogP contribution is 2.23. The minimum Gasteiger partial charge on any atom is -0.481 e. The maximum absolute atomic E-state index is 10.6. The molecule has 0 radical (unpaired) electrons. The van der Waals surface area contributed by atoms with Gasteiger partial charge < -0.3 is 9.67 Å². The van der Waals surface area contributed by atoms with Crippen molar-refractivity contribution in [1.82, 2.24) is 9.55 Å². The lowest BCUT2D eigenvalue weighted by molar-refractivity contribution is -0.136. The molecule has 0 fully saturated rings. The van der Waals surface area contributed by atoms with Gasteiger partial charge in [-0.3, -0.25) is 4.79 Å². The molecule has 82 valence electrons. The standard InChI is InChI=1S/C10H13ClN2O2/c11-10-7(6-9(14)15)12-8-4-2-1-3-5-13(8)10/h1-6H2,(H,14,15). The molecule has 1 aromatic rings. The number of rotatable bonds is 2. The molecule has 0 aromatic carbocycles. The average molecular weight is 229 g/mol. The second kappa shape index (κ2) is 4.23. The molecule has 1 N–H and O–H groups in total. The lowest BCUT2D eigenvalue weighted by atomic mass is 10.2. The summed E-state index contributed by atoms with van der Waals surface area (Å²) in [6, 6.07) is 0. The highest BCUT2D eigenvalue weighted by Gasteiger charge is 2.18. The average Bonchev–Trinajstić information content (AvgIpc) is 2.40. The van der Waals surface area contributed by atoms with Crippen molar-refractivity contribution in [2.75, 3.05) is 0 Å². The fraction of sp³-hybridized carbons (Fsp3) is 0.600. The number of hydrogen-bond acceptors (Lipinski definition) is 2. The summed E-state index contributed by atoms with van der Waals surface area (Å²) in [5, 5.41) is 9.21. The Morgan fingerprint density at radius 1 is 1.47 bits per heavy atom. The lowest BCUT2D eigenvalue weighted by Gasteiger charge is -2.03. The third-order valence-electron chi connectivity index (χ3n) is 2.65. The normalized spacial score (nSPS) is 15.8. The van der Waals surface area contributed by atoms with E-state index in [2.05, 4.69) is 4.98 Å². The van der Waals surface area contributed by atoms with Crippen LogP contribution in [0, 0.1) is 0 Å². The second-order valence-electron chi connectivity index (χ2n) is 3.80. The van der Waals surface area contributed by atoms with Crippen LogP contribution in [0.1, 0.15) is 30.8 Å². The van der Waals surface area contributed by atoms with Gasteiger partial charge in [-0.05, 0) is 12.8 Å². The molecule has 5 heteroatoms. The number of carboxylic acid groups (broad SMARTS) is 1. The molecule has 2 rings (SSSR count). The van der Waals surface area contributed by atoms with Gasteiger partial charge in [-0.2, -0.15) is 0 Å². The zero-order valence-electron chi connectivity index (χ0n) is 8.37. The first-order chi connectivity index (χ1) is 7.18. The van der Waals surface area contributed by atoms with E-state index in [4.69, 9.17) is 16.7 Å². The van der Waals surface area contributed by atoms with Gasteiger partial charge >= 0.3 is 5.97 Å². The number of halogens is 1. The van der Waals surface area contributed by atoms with Gasteiger partial charge in [0.15, 0.2) is 0 Å². The monoisotopic (exact) mass is 228 g/mol. The van der Waals surface area contributed by atoms with Crippen molar-refractivity contribution in [2.45, 2.75) is 38.6 Å². The molecular formula is C10H13ClN2O2. The number of imidazole rings is 1. The van der Waals surface area contributed by atoms with Crippen LogP contribution in [0.15, 0.2) is 0 Å². The van der Waals surface area contributed by atoms with Crippen LogP contribution in [0.25, 0.3) is 0 Å². The third-order valence-corrected chi connectivity index (χ3v) is 3.07. The van der Waals surface area contributed by atoms with Crippen molar-refractivity contribution >= 4 is 17.6 Å². The van der Waals surface area contributed by atoms with Gasteiger partial charge in [0.2, 0.25) is 0 Å². The summed E-state index contributed by atoms with van der Waals surface area (Å²) < 4.78 is 1.95. The summed E-state index contributed by atoms with van der Waals surface area (Å²) in [6.45, 7) is 0.862. The number of carbonyl (C=O) groups is 1. The zero-order valence-corrected chi connectivity index (χ0v) is 9.13. The van der Waals surface area contributed by atoms with Crippen molar-refractivity contribution in [2.24, 2.45) is 0 Å². The Kier molecular flexibility index (Phi) is 2.95. The highest BCUT2D eigenvalue weighted by molar-refractivity contribution is 6.30. The number of aromatic nitrogens is 2. The van der Waals surface area contributed by atoms with E-state index in [-0.39, 0.29) is 6.42 Å². The summed E-state index contributed by atoms with van der Waals surface area (Å²) >= 11 is 6.10. The molecule has 2 heterocycles. The van der Waals surface area contributed by atoms with Crippen LogP contribution in [0.2, 0.25) is 5.15 Å². The van der Waals surface area contributed by atoms with Gasteiger partial charge in [0.1, 0.15) is 11.0 Å². The van der Waals surface area contributed by atoms with E-state index in [1.54, 1.807) is 0 Å². The molecule has 15 heavy (non-hydrogen) atoms. The summed E-state index contributed by atoms with van der Waals surface area (Å²) in [6.07, 6.45) is 4.21. The fourth-order valence-corrected chi connectivity index (χ4v) is 2.23. The molecule has 0 saturated heterocycles. The molecule has 0 saturated carbocycles. The number of hydrogen-bond donors (Lipinski definition) is 1. The van der Waals surface area contributed by atoms with E-state index >= 15 is 0 Å². The van der Waals surface area contributed by atoms with E-state index < -0.39 is 5.97 Å². The zero-order chi connectivity index (χ0) is 10.8. The summed E-state index contributed by atoms with van der Waals surface area (Å²) in [5.41, 5.74) is 0.501. The summed E-state index contributed by atoms with van der Waals surface area (Å²) in [5.74, 6) is 0.0545. The highest BCUT2D eigenvalue weighted by atomic mass is 35.5. The van der Waals surface area contributed by atoms with Crippen molar-refractivity contribution in [3.63, 3.8) is 0 Å². The first-order valence-corrected chi connectivity index (χ1v) is 5.52. The maximum atomic E-state index is 10.6. The molecule has 0 aliphatic carbocycles. The Morgan fingerprint density at radius 3 is 3.00 bits per heavy atom. The number of fused-ring (bicyclic) bond motifs is 1. The molecule has 0 spiro atoms. The van der Waals surface area contributed by atoms with E-state index in [0.717, 1.165) is 31.6 Å². The minimum absolute atomic E-state index is 0.0845. The van der Waals surface area contributed by atoms with E-state index in [0.29, 0.717) is 10.8 Å². The number of aryl methyl sites for hydroxylation is 1. The Hall–Kier alpha value is -1.03. The van der Waals surface area contributed by atoms with E-state index in [1.807, 2.05) is 4.57 Å². The topological polar surface area (TPSA) is 55.1 Å². The van der Waals surface area contributed by atoms with E-state index in [9.17, 15) is 4.79 Å². The van der Waals surface area contributed by atoms with Crippen molar-refractivity contribution in [3.8, 4) is 0 Å². The van der Waals surface area contributed by atoms with Crippen LogP contribution < -0.4 is 0 Å². The molecule has 0 amide bonds. The Bertz CT molecular complexity index is 387. The summed E-state index contributed by atoms with van der Waals surface area (Å²) in [4.78, 5) is 14.9. The predicted octanol–water partition coefficient (Wildman–Crippen LogP) is 1.89. The Morgan fingerprint density at radius 2 is 2.27 bits per heavy atom. The van der Waals surface area contributed by atoms with Crippen LogP contribution >= 0.6 is 11.6 Å². The first kappa shape index (κ1) is 10.5. The van der Waals surface area contributed by atoms with Gasteiger partial charge in [-0.15, -0.1) is 0 Å². The quantitative estimate of drug-likeness (QED) is 0.841. The predicted molar refractivity (Wildman–Crippen MR) is 56.1 cm³/mol. The molecule has 0 atom stereocenters. The second-order valence-corrected chi connectivity index (χ2v) is 4.16. The lowest BCUT2D eigenvalue weighted by Crippen LogP contribution is -2.02. The molecule has 1 aliphatic heterocycles. The van der Waals surface area contributed by atoms with E-state index in [1.165, 1.54) is 6.42 Å². The number of carboxylic acids is 1. The van der Waals surface area contributed by atoms with Gasteiger partial charge in [0.25, 0.3) is 0 Å². The first-order valence-electron chi connectivity index (χ1n) is 5.14. The van der Waals surface area contributed by atoms with Crippen molar-refractivity contribution in [3.05, 3.63) is 16.7 Å².